The van der Waals surface area contributed by atoms with Crippen LogP contribution in [0.2, 0.25) is 5.15 Å². The Morgan fingerprint density at radius 1 is 1.21 bits per heavy atom. The van der Waals surface area contributed by atoms with Crippen molar-refractivity contribution >= 4 is 34.9 Å². The first-order valence-corrected chi connectivity index (χ1v) is 9.32. The molecular weight excluding hydrogens is 420 g/mol. The van der Waals surface area contributed by atoms with Crippen LogP contribution in [0.5, 0.6) is 0 Å². The number of carbonyl (C=O) groups is 1. The highest BCUT2D eigenvalue weighted by Crippen LogP contribution is 2.31. The molecule has 0 aromatic carbocycles. The lowest BCUT2D eigenvalue weighted by Gasteiger charge is -2.35. The quantitative estimate of drug-likeness (QED) is 0.689. The number of carbonyl (C=O) groups excluding carboxylic acids is 1. The number of aryl methyl sites for hydroxylation is 1. The van der Waals surface area contributed by atoms with Crippen LogP contribution >= 0.6 is 23.2 Å². The first-order valence-electron chi connectivity index (χ1n) is 8.41. The Kier molecular flexibility index (Phi) is 5.99. The topological polar surface area (TPSA) is 67.2 Å². The molecule has 0 atom stereocenters. The zero-order valence-corrected chi connectivity index (χ0v) is 16.4. The second-order valence-electron chi connectivity index (χ2n) is 6.38. The molecule has 1 aliphatic heterocycles. The van der Waals surface area contributed by atoms with E-state index in [9.17, 15) is 18.0 Å². The number of amides is 1. The second kappa shape index (κ2) is 8.12. The van der Waals surface area contributed by atoms with Gasteiger partial charge in [-0.3, -0.25) is 9.48 Å². The Morgan fingerprint density at radius 2 is 1.89 bits per heavy atom. The largest absolute Gasteiger partial charge is 0.435 e. The van der Waals surface area contributed by atoms with Crippen molar-refractivity contribution in [1.82, 2.24) is 24.9 Å². The molecule has 3 heterocycles. The molecule has 0 aliphatic carbocycles. The van der Waals surface area contributed by atoms with E-state index in [1.54, 1.807) is 4.90 Å². The molecule has 0 unspecified atom stereocenters. The van der Waals surface area contributed by atoms with Gasteiger partial charge in [-0.05, 0) is 18.6 Å². The molecule has 1 fully saturated rings. The van der Waals surface area contributed by atoms with E-state index >= 15 is 0 Å². The molecule has 0 N–H and O–H groups in total. The van der Waals surface area contributed by atoms with Crippen LogP contribution in [0.3, 0.4) is 0 Å². The van der Waals surface area contributed by atoms with Crippen LogP contribution in [-0.4, -0.2) is 57.0 Å². The monoisotopic (exact) mass is 436 g/mol. The maximum Gasteiger partial charge on any atom is 0.435 e. The molecule has 0 radical (unpaired) electrons. The fourth-order valence-corrected chi connectivity index (χ4v) is 3.20. The number of anilines is 1. The van der Waals surface area contributed by atoms with Crippen molar-refractivity contribution in [1.29, 1.82) is 0 Å². The van der Waals surface area contributed by atoms with Crippen LogP contribution in [0.15, 0.2) is 12.3 Å². The number of piperazine rings is 1. The molecule has 3 rings (SSSR count). The van der Waals surface area contributed by atoms with E-state index in [4.69, 9.17) is 23.2 Å². The molecule has 0 saturated carbocycles. The number of hydrogen-bond acceptors (Lipinski definition) is 5. The molecule has 28 heavy (non-hydrogen) atoms. The Hall–Kier alpha value is -2.07. The standard InChI is InChI=1S/C16H17Cl2F3N6O/c1-10-6-12(22-23-15(10)18)25-2-4-26(5-3-25)13(28)9-27-8-11(7-17)14(24-27)16(19,20)21/h6,8H,2-5,7,9H2,1H3. The number of rotatable bonds is 4. The predicted octanol–water partition coefficient (Wildman–Crippen LogP) is 2.74. The molecular formula is C16H17Cl2F3N6O. The Morgan fingerprint density at radius 3 is 2.43 bits per heavy atom. The van der Waals surface area contributed by atoms with Crippen molar-refractivity contribution in [3.63, 3.8) is 0 Å². The van der Waals surface area contributed by atoms with Crippen LogP contribution < -0.4 is 4.90 Å². The molecule has 1 amide bonds. The van der Waals surface area contributed by atoms with Crippen molar-refractivity contribution in [3.8, 4) is 0 Å². The summed E-state index contributed by atoms with van der Waals surface area (Å²) in [5.74, 6) is 0.0292. The molecule has 1 saturated heterocycles. The summed E-state index contributed by atoms with van der Waals surface area (Å²) in [6.07, 6.45) is -3.45. The maximum atomic E-state index is 12.9. The molecule has 152 valence electrons. The van der Waals surface area contributed by atoms with Gasteiger partial charge in [0, 0.05) is 37.9 Å². The van der Waals surface area contributed by atoms with Gasteiger partial charge in [-0.25, -0.2) is 0 Å². The van der Waals surface area contributed by atoms with Crippen LogP contribution in [0.25, 0.3) is 0 Å². The summed E-state index contributed by atoms with van der Waals surface area (Å²) >= 11 is 11.4. The third-order valence-corrected chi connectivity index (χ3v) is 5.08. The third kappa shape index (κ3) is 4.49. The molecule has 0 bridgehead atoms. The number of aromatic nitrogens is 4. The summed E-state index contributed by atoms with van der Waals surface area (Å²) in [6.45, 7) is 3.44. The van der Waals surface area contributed by atoms with Crippen LogP contribution in [-0.2, 0) is 23.4 Å². The summed E-state index contributed by atoms with van der Waals surface area (Å²) in [5.41, 5.74) is -0.403. The summed E-state index contributed by atoms with van der Waals surface area (Å²) in [7, 11) is 0. The minimum atomic E-state index is -4.61. The van der Waals surface area contributed by atoms with E-state index in [2.05, 4.69) is 15.3 Å². The number of halogens is 5. The SMILES string of the molecule is Cc1cc(N2CCN(C(=O)Cn3cc(CCl)c(C(F)(F)F)n3)CC2)nnc1Cl. The number of hydrogen-bond donors (Lipinski definition) is 0. The first kappa shape index (κ1) is 20.7. The van der Waals surface area contributed by atoms with Gasteiger partial charge < -0.3 is 9.80 Å². The van der Waals surface area contributed by atoms with Gasteiger partial charge in [-0.2, -0.15) is 18.3 Å². The Balaban J connectivity index is 1.61. The van der Waals surface area contributed by atoms with Gasteiger partial charge >= 0.3 is 6.18 Å². The van der Waals surface area contributed by atoms with Crippen molar-refractivity contribution in [2.24, 2.45) is 0 Å². The minimum Gasteiger partial charge on any atom is -0.352 e. The van der Waals surface area contributed by atoms with Gasteiger partial charge in [0.15, 0.2) is 16.7 Å². The minimum absolute atomic E-state index is 0.150. The van der Waals surface area contributed by atoms with Crippen molar-refractivity contribution < 1.29 is 18.0 Å². The molecule has 12 heteroatoms. The summed E-state index contributed by atoms with van der Waals surface area (Å²) in [6, 6.07) is 1.82. The van der Waals surface area contributed by atoms with Gasteiger partial charge in [0.2, 0.25) is 5.91 Å². The highest BCUT2D eigenvalue weighted by molar-refractivity contribution is 6.30. The zero-order chi connectivity index (χ0) is 20.5. The van der Waals surface area contributed by atoms with Gasteiger partial charge in [0.25, 0.3) is 0 Å². The fraction of sp³-hybridized carbons (Fsp3) is 0.500. The van der Waals surface area contributed by atoms with Crippen LogP contribution in [0.1, 0.15) is 16.8 Å². The molecule has 2 aromatic rings. The van der Waals surface area contributed by atoms with Crippen LogP contribution in [0, 0.1) is 6.92 Å². The highest BCUT2D eigenvalue weighted by atomic mass is 35.5. The van der Waals surface area contributed by atoms with Gasteiger partial charge in [0.1, 0.15) is 6.54 Å². The van der Waals surface area contributed by atoms with E-state index in [1.807, 2.05) is 17.9 Å². The Bertz CT molecular complexity index is 865. The molecule has 7 nitrogen and oxygen atoms in total. The summed E-state index contributed by atoms with van der Waals surface area (Å²) in [5, 5.41) is 11.8. The average molecular weight is 437 g/mol. The summed E-state index contributed by atoms with van der Waals surface area (Å²) in [4.78, 5) is 16.0. The number of nitrogens with zero attached hydrogens (tertiary/aromatic N) is 6. The Labute approximate surface area is 169 Å². The lowest BCUT2D eigenvalue weighted by molar-refractivity contribution is -0.142. The van der Waals surface area contributed by atoms with Gasteiger partial charge in [0.05, 0.1) is 5.88 Å². The smallest absolute Gasteiger partial charge is 0.352 e. The fourth-order valence-electron chi connectivity index (χ4n) is 2.91. The van der Waals surface area contributed by atoms with E-state index < -0.39 is 11.9 Å². The summed E-state index contributed by atoms with van der Waals surface area (Å²) < 4.78 is 39.8. The maximum absolute atomic E-state index is 12.9. The van der Waals surface area contributed by atoms with E-state index in [0.717, 1.165) is 16.4 Å². The molecule has 2 aromatic heterocycles. The molecule has 1 aliphatic rings. The first-order chi connectivity index (χ1) is 13.2. The lowest BCUT2D eigenvalue weighted by Crippen LogP contribution is -2.50. The van der Waals surface area contributed by atoms with E-state index in [-0.39, 0.29) is 23.9 Å². The van der Waals surface area contributed by atoms with Crippen molar-refractivity contribution in [2.75, 3.05) is 31.1 Å². The third-order valence-electron chi connectivity index (χ3n) is 4.41. The second-order valence-corrected chi connectivity index (χ2v) is 7.00. The van der Waals surface area contributed by atoms with Crippen molar-refractivity contribution in [3.05, 3.63) is 34.2 Å². The van der Waals surface area contributed by atoms with Gasteiger partial charge in [-0.1, -0.05) is 11.6 Å². The average Bonchev–Trinajstić information content (AvgIpc) is 3.07. The lowest BCUT2D eigenvalue weighted by atomic mass is 10.2. The molecule has 0 spiro atoms. The number of alkyl halides is 4. The van der Waals surface area contributed by atoms with E-state index in [0.29, 0.717) is 37.1 Å². The predicted molar refractivity (Wildman–Crippen MR) is 97.4 cm³/mol. The van der Waals surface area contributed by atoms with Gasteiger partial charge in [-0.15, -0.1) is 21.8 Å². The highest BCUT2D eigenvalue weighted by Gasteiger charge is 2.37. The van der Waals surface area contributed by atoms with E-state index in [1.165, 1.54) is 0 Å². The van der Waals surface area contributed by atoms with Crippen LogP contribution in [0.4, 0.5) is 19.0 Å². The van der Waals surface area contributed by atoms with Crippen molar-refractivity contribution in [2.45, 2.75) is 25.5 Å². The normalized spacial score (nSPS) is 15.2. The zero-order valence-electron chi connectivity index (χ0n) is 14.9.